The van der Waals surface area contributed by atoms with Crippen molar-refractivity contribution in [3.63, 3.8) is 0 Å². The van der Waals surface area contributed by atoms with Crippen molar-refractivity contribution in [3.8, 4) is 0 Å². The van der Waals surface area contributed by atoms with Gasteiger partial charge in [-0.3, -0.25) is 4.79 Å². The second kappa shape index (κ2) is 6.72. The molecule has 2 rings (SSSR count). The Morgan fingerprint density at radius 1 is 1.45 bits per heavy atom. The van der Waals surface area contributed by atoms with Crippen molar-refractivity contribution in [2.75, 3.05) is 37.0 Å². The molecule has 1 saturated heterocycles. The number of hydrogen-bond donors (Lipinski definition) is 2. The monoisotopic (exact) mass is 313 g/mol. The number of rotatable bonds is 3. The van der Waals surface area contributed by atoms with Crippen LogP contribution in [0.1, 0.15) is 35.9 Å². The maximum Gasteiger partial charge on any atom is 0.263 e. The van der Waals surface area contributed by atoms with Crippen LogP contribution in [0, 0.1) is 5.92 Å². The normalized spacial score (nSPS) is 19.8. The topological polar surface area (TPSA) is 58.4 Å². The third-order valence-corrected chi connectivity index (χ3v) is 6.04. The molecule has 20 heavy (non-hydrogen) atoms. The van der Waals surface area contributed by atoms with Crippen LogP contribution < -0.4 is 16.0 Å². The number of nitrogens with zero attached hydrogens (tertiary/aromatic N) is 1. The predicted octanol–water partition coefficient (Wildman–Crippen LogP) is 3.04. The molecule has 0 aliphatic carbocycles. The van der Waals surface area contributed by atoms with Crippen LogP contribution in [0.4, 0.5) is 10.7 Å². The molecule has 3 N–H and O–H groups in total. The summed E-state index contributed by atoms with van der Waals surface area (Å²) >= 11 is 3.16. The molecule has 0 bridgehead atoms. The lowest BCUT2D eigenvalue weighted by Gasteiger charge is -2.22. The largest absolute Gasteiger partial charge is 0.396 e. The molecule has 2 heterocycles. The maximum atomic E-state index is 11.9. The van der Waals surface area contributed by atoms with E-state index in [2.05, 4.69) is 17.1 Å². The van der Waals surface area contributed by atoms with Gasteiger partial charge in [-0.1, -0.05) is 6.92 Å². The zero-order valence-corrected chi connectivity index (χ0v) is 14.0. The fourth-order valence-electron chi connectivity index (χ4n) is 2.57. The minimum absolute atomic E-state index is 0.0859. The smallest absolute Gasteiger partial charge is 0.263 e. The lowest BCUT2D eigenvalue weighted by atomic mass is 10.0. The van der Waals surface area contributed by atoms with E-state index in [1.165, 1.54) is 35.6 Å². The molecule has 6 heteroatoms. The number of hydrogen-bond acceptors (Lipinski definition) is 5. The Labute approximate surface area is 129 Å². The molecular formula is C14H23N3OS2. The lowest BCUT2D eigenvalue weighted by molar-refractivity contribution is 0.0968. The summed E-state index contributed by atoms with van der Waals surface area (Å²) in [5, 5.41) is 3.84. The number of nitrogens with one attached hydrogen (secondary N) is 1. The van der Waals surface area contributed by atoms with Crippen LogP contribution in [0.15, 0.2) is 4.90 Å². The summed E-state index contributed by atoms with van der Waals surface area (Å²) in [6.07, 6.45) is 5.73. The molecule has 0 spiro atoms. The first kappa shape index (κ1) is 15.5. The van der Waals surface area contributed by atoms with Gasteiger partial charge in [0.25, 0.3) is 5.91 Å². The highest BCUT2D eigenvalue weighted by Gasteiger charge is 2.24. The fourth-order valence-corrected chi connectivity index (χ4v) is 4.75. The van der Waals surface area contributed by atoms with Crippen LogP contribution >= 0.6 is 23.1 Å². The Kier molecular flexibility index (Phi) is 5.21. The van der Waals surface area contributed by atoms with Crippen molar-refractivity contribution in [3.05, 3.63) is 4.88 Å². The summed E-state index contributed by atoms with van der Waals surface area (Å²) in [7, 11) is 1.65. The van der Waals surface area contributed by atoms with Crippen molar-refractivity contribution < 1.29 is 4.79 Å². The highest BCUT2D eigenvalue weighted by Crippen LogP contribution is 2.44. The molecule has 0 radical (unpaired) electrons. The van der Waals surface area contributed by atoms with Crippen LogP contribution in [0.2, 0.25) is 0 Å². The predicted molar refractivity (Wildman–Crippen MR) is 89.1 cm³/mol. The highest BCUT2D eigenvalue weighted by atomic mass is 32.2. The van der Waals surface area contributed by atoms with Gasteiger partial charge in [0.05, 0.1) is 10.6 Å². The zero-order chi connectivity index (χ0) is 14.7. The average Bonchev–Trinajstić information content (AvgIpc) is 2.62. The first-order valence-corrected chi connectivity index (χ1v) is 9.05. The Balaban J connectivity index is 2.32. The van der Waals surface area contributed by atoms with Gasteiger partial charge in [-0.2, -0.15) is 0 Å². The Morgan fingerprint density at radius 3 is 2.85 bits per heavy atom. The number of thiophene rings is 1. The summed E-state index contributed by atoms with van der Waals surface area (Å²) in [4.78, 5) is 16.0. The van der Waals surface area contributed by atoms with Gasteiger partial charge in [-0.15, -0.1) is 23.1 Å². The molecule has 112 valence electrons. The molecule has 1 amide bonds. The molecule has 1 aromatic rings. The molecule has 0 saturated carbocycles. The van der Waals surface area contributed by atoms with E-state index in [0.29, 0.717) is 10.6 Å². The average molecular weight is 313 g/mol. The first-order chi connectivity index (χ1) is 9.58. The van der Waals surface area contributed by atoms with Crippen molar-refractivity contribution in [2.45, 2.75) is 31.1 Å². The minimum atomic E-state index is -0.0859. The summed E-state index contributed by atoms with van der Waals surface area (Å²) in [6, 6.07) is 0. The Hall–Kier alpha value is -0.880. The Morgan fingerprint density at radius 2 is 2.20 bits per heavy atom. The quantitative estimate of drug-likeness (QED) is 0.842. The summed E-state index contributed by atoms with van der Waals surface area (Å²) < 4.78 is 0. The van der Waals surface area contributed by atoms with E-state index in [-0.39, 0.29) is 5.91 Å². The van der Waals surface area contributed by atoms with Gasteiger partial charge >= 0.3 is 0 Å². The maximum absolute atomic E-state index is 11.9. The fraction of sp³-hybridized carbons (Fsp3) is 0.643. The number of thioether (sulfide) groups is 1. The molecule has 1 aliphatic rings. The van der Waals surface area contributed by atoms with Gasteiger partial charge in [0.15, 0.2) is 0 Å². The number of nitrogens with two attached hydrogens (primary N) is 1. The summed E-state index contributed by atoms with van der Waals surface area (Å²) in [5.74, 6) is 0.700. The van der Waals surface area contributed by atoms with E-state index in [4.69, 9.17) is 5.73 Å². The molecular weight excluding hydrogens is 290 g/mol. The van der Waals surface area contributed by atoms with Gasteiger partial charge in [0.1, 0.15) is 9.88 Å². The second-order valence-electron chi connectivity index (χ2n) is 5.29. The van der Waals surface area contributed by atoms with Crippen molar-refractivity contribution in [1.82, 2.24) is 5.32 Å². The molecule has 1 fully saturated rings. The molecule has 4 nitrogen and oxygen atoms in total. The van der Waals surface area contributed by atoms with Crippen molar-refractivity contribution >= 4 is 39.7 Å². The van der Waals surface area contributed by atoms with Crippen molar-refractivity contribution in [2.24, 2.45) is 5.92 Å². The SMILES string of the molecule is CNC(=O)c1sc(N2CCCC(C)CC2)c(SC)c1N. The van der Waals surface area contributed by atoms with E-state index in [9.17, 15) is 4.79 Å². The third kappa shape index (κ3) is 3.06. The third-order valence-electron chi connectivity index (χ3n) is 3.82. The Bertz CT molecular complexity index is 487. The summed E-state index contributed by atoms with van der Waals surface area (Å²) in [6.45, 7) is 4.44. The van der Waals surface area contributed by atoms with Crippen LogP contribution in [-0.2, 0) is 0 Å². The number of carbonyl (C=O) groups is 1. The number of nitrogen functional groups attached to an aromatic ring is 1. The van der Waals surface area contributed by atoms with E-state index >= 15 is 0 Å². The van der Waals surface area contributed by atoms with Crippen molar-refractivity contribution in [1.29, 1.82) is 0 Å². The highest BCUT2D eigenvalue weighted by molar-refractivity contribution is 7.99. The standard InChI is InChI=1S/C14H23N3OS2/c1-9-5-4-7-17(8-6-9)14-12(19-3)10(15)11(20-14)13(18)16-2/h9H,4-8,15H2,1-3H3,(H,16,18). The molecule has 1 atom stereocenters. The van der Waals surface area contributed by atoms with E-state index in [1.807, 2.05) is 6.26 Å². The molecule has 1 unspecified atom stereocenters. The number of amides is 1. The van der Waals surface area contributed by atoms with Gasteiger partial charge in [0, 0.05) is 20.1 Å². The van der Waals surface area contributed by atoms with Gasteiger partial charge in [-0.25, -0.2) is 0 Å². The van der Waals surface area contributed by atoms with Gasteiger partial charge in [0.2, 0.25) is 0 Å². The van der Waals surface area contributed by atoms with Crippen LogP contribution in [-0.4, -0.2) is 32.3 Å². The first-order valence-electron chi connectivity index (χ1n) is 7.01. The van der Waals surface area contributed by atoms with Crippen LogP contribution in [0.25, 0.3) is 0 Å². The molecule has 0 aromatic carbocycles. The molecule has 1 aliphatic heterocycles. The van der Waals surface area contributed by atoms with Crippen LogP contribution in [0.3, 0.4) is 0 Å². The van der Waals surface area contributed by atoms with E-state index in [1.54, 1.807) is 18.8 Å². The lowest BCUT2D eigenvalue weighted by Crippen LogP contribution is -2.23. The van der Waals surface area contributed by atoms with Gasteiger partial charge < -0.3 is 16.0 Å². The van der Waals surface area contributed by atoms with Crippen LogP contribution in [0.5, 0.6) is 0 Å². The van der Waals surface area contributed by atoms with Gasteiger partial charge in [-0.05, 0) is 31.4 Å². The number of anilines is 2. The van der Waals surface area contributed by atoms with E-state index < -0.39 is 0 Å². The zero-order valence-electron chi connectivity index (χ0n) is 12.4. The number of carbonyl (C=O) groups excluding carboxylic acids is 1. The second-order valence-corrected chi connectivity index (χ2v) is 7.10. The molecule has 1 aromatic heterocycles. The van der Waals surface area contributed by atoms with E-state index in [0.717, 1.165) is 23.9 Å². The minimum Gasteiger partial charge on any atom is -0.396 e. The summed E-state index contributed by atoms with van der Waals surface area (Å²) in [5.41, 5.74) is 6.80.